The van der Waals surface area contributed by atoms with Gasteiger partial charge in [0.05, 0.1) is 10.5 Å². The highest BCUT2D eigenvalue weighted by atomic mass is 32.2. The van der Waals surface area contributed by atoms with E-state index in [1.54, 1.807) is 0 Å². The number of aryl methyl sites for hydroxylation is 1. The van der Waals surface area contributed by atoms with Crippen LogP contribution in [0.3, 0.4) is 0 Å². The molecule has 1 aromatic carbocycles. The molecule has 1 aromatic rings. The van der Waals surface area contributed by atoms with Crippen LogP contribution >= 0.6 is 11.8 Å². The molecule has 0 fully saturated rings. The number of hydrogen-bond acceptors (Lipinski definition) is 4. The van der Waals surface area contributed by atoms with Crippen LogP contribution in [-0.4, -0.2) is 29.4 Å². The zero-order valence-electron chi connectivity index (χ0n) is 10.0. The van der Waals surface area contributed by atoms with Gasteiger partial charge in [-0.3, -0.25) is 14.9 Å². The molecule has 1 rings (SSSR count). The topological polar surface area (TPSA) is 72.2 Å². The summed E-state index contributed by atoms with van der Waals surface area (Å²) < 4.78 is 13.7. The molecule has 0 aliphatic rings. The van der Waals surface area contributed by atoms with Gasteiger partial charge in [0.1, 0.15) is 5.82 Å². The summed E-state index contributed by atoms with van der Waals surface area (Å²) in [6, 6.07) is 2.06. The van der Waals surface area contributed by atoms with Gasteiger partial charge in [0.2, 0.25) is 0 Å². The molecule has 0 aliphatic carbocycles. The minimum atomic E-state index is -0.720. The fourth-order valence-electron chi connectivity index (χ4n) is 1.38. The van der Waals surface area contributed by atoms with Crippen molar-refractivity contribution < 1.29 is 14.1 Å². The molecule has 0 saturated carbocycles. The average molecular weight is 272 g/mol. The molecule has 98 valence electrons. The molecule has 0 unspecified atom stereocenters. The number of hydrogen-bond donors (Lipinski definition) is 1. The molecule has 7 heteroatoms. The first kappa shape index (κ1) is 14.4. The van der Waals surface area contributed by atoms with Crippen molar-refractivity contribution >= 4 is 23.4 Å². The van der Waals surface area contributed by atoms with E-state index < -0.39 is 16.6 Å². The van der Waals surface area contributed by atoms with E-state index >= 15 is 0 Å². The molecule has 0 bridgehead atoms. The van der Waals surface area contributed by atoms with Crippen LogP contribution in [0.15, 0.2) is 12.1 Å². The van der Waals surface area contributed by atoms with Crippen molar-refractivity contribution in [1.29, 1.82) is 0 Å². The van der Waals surface area contributed by atoms with Gasteiger partial charge < -0.3 is 5.32 Å². The summed E-state index contributed by atoms with van der Waals surface area (Å²) in [5.74, 6) is -0.656. The van der Waals surface area contributed by atoms with E-state index in [-0.39, 0.29) is 16.8 Å². The molecule has 5 nitrogen and oxygen atoms in total. The Morgan fingerprint density at radius 1 is 1.56 bits per heavy atom. The molecule has 0 saturated heterocycles. The van der Waals surface area contributed by atoms with E-state index in [4.69, 9.17) is 0 Å². The first-order valence-electron chi connectivity index (χ1n) is 5.19. The molecule has 0 spiro atoms. The minimum absolute atomic E-state index is 0.0826. The minimum Gasteiger partial charge on any atom is -0.351 e. The Balaban J connectivity index is 2.99. The van der Waals surface area contributed by atoms with Crippen LogP contribution in [0.25, 0.3) is 0 Å². The van der Waals surface area contributed by atoms with E-state index in [1.807, 2.05) is 6.26 Å². The Kier molecular flexibility index (Phi) is 5.08. The first-order chi connectivity index (χ1) is 8.47. The molecule has 18 heavy (non-hydrogen) atoms. The lowest BCUT2D eigenvalue weighted by Gasteiger charge is -2.07. The normalized spacial score (nSPS) is 10.2. The maximum absolute atomic E-state index is 13.7. The number of non-ortho nitro benzene ring substituents is 1. The van der Waals surface area contributed by atoms with Gasteiger partial charge in [0, 0.05) is 24.4 Å². The Morgan fingerprint density at radius 2 is 2.22 bits per heavy atom. The summed E-state index contributed by atoms with van der Waals surface area (Å²) in [4.78, 5) is 21.7. The quantitative estimate of drug-likeness (QED) is 0.506. The monoisotopic (exact) mass is 272 g/mol. The summed E-state index contributed by atoms with van der Waals surface area (Å²) in [6.07, 6.45) is 1.88. The maximum atomic E-state index is 13.7. The van der Waals surface area contributed by atoms with Crippen LogP contribution in [0.4, 0.5) is 10.1 Å². The second-order valence-electron chi connectivity index (χ2n) is 3.63. The number of nitro benzene ring substituents is 1. The number of nitrogens with one attached hydrogen (secondary N) is 1. The highest BCUT2D eigenvalue weighted by Crippen LogP contribution is 2.20. The largest absolute Gasteiger partial charge is 0.351 e. The van der Waals surface area contributed by atoms with E-state index in [1.165, 1.54) is 18.7 Å². The van der Waals surface area contributed by atoms with Crippen LogP contribution in [0, 0.1) is 22.9 Å². The smallest absolute Gasteiger partial charge is 0.270 e. The standard InChI is InChI=1S/C11H13FN2O3S/c1-7-5-8(14(16)17)6-9(10(7)12)11(15)13-3-4-18-2/h5-6H,3-4H2,1-2H3,(H,13,15). The summed E-state index contributed by atoms with van der Waals surface area (Å²) in [6.45, 7) is 1.78. The fourth-order valence-corrected chi connectivity index (χ4v) is 1.69. The molecule has 0 heterocycles. The van der Waals surface area contributed by atoms with Crippen molar-refractivity contribution in [1.82, 2.24) is 5.32 Å². The van der Waals surface area contributed by atoms with Crippen molar-refractivity contribution in [2.24, 2.45) is 0 Å². The Labute approximate surface area is 108 Å². The van der Waals surface area contributed by atoms with Crippen molar-refractivity contribution in [3.8, 4) is 0 Å². The highest BCUT2D eigenvalue weighted by Gasteiger charge is 2.19. The number of carbonyl (C=O) groups excluding carboxylic acids is 1. The van der Waals surface area contributed by atoms with Gasteiger partial charge in [-0.25, -0.2) is 4.39 Å². The Morgan fingerprint density at radius 3 is 2.78 bits per heavy atom. The van der Waals surface area contributed by atoms with Crippen LogP contribution in [0.2, 0.25) is 0 Å². The van der Waals surface area contributed by atoms with Gasteiger partial charge >= 0.3 is 0 Å². The van der Waals surface area contributed by atoms with E-state index in [2.05, 4.69) is 5.32 Å². The Bertz CT molecular complexity index is 480. The molecule has 0 radical (unpaired) electrons. The molecule has 1 amide bonds. The van der Waals surface area contributed by atoms with Crippen LogP contribution in [0.1, 0.15) is 15.9 Å². The van der Waals surface area contributed by atoms with E-state index in [9.17, 15) is 19.3 Å². The number of carbonyl (C=O) groups is 1. The molecule has 1 N–H and O–H groups in total. The van der Waals surface area contributed by atoms with Crippen molar-refractivity contribution in [2.45, 2.75) is 6.92 Å². The second-order valence-corrected chi connectivity index (χ2v) is 4.62. The third-order valence-electron chi connectivity index (χ3n) is 2.29. The summed E-state index contributed by atoms with van der Waals surface area (Å²) >= 11 is 1.54. The number of thioether (sulfide) groups is 1. The number of amides is 1. The van der Waals surface area contributed by atoms with Gasteiger partial charge in [0.25, 0.3) is 11.6 Å². The predicted octanol–water partition coefficient (Wildman–Crippen LogP) is 2.14. The van der Waals surface area contributed by atoms with Gasteiger partial charge in [-0.1, -0.05) is 0 Å². The highest BCUT2D eigenvalue weighted by molar-refractivity contribution is 7.98. The number of rotatable bonds is 5. The van der Waals surface area contributed by atoms with Crippen molar-refractivity contribution in [2.75, 3.05) is 18.6 Å². The van der Waals surface area contributed by atoms with E-state index in [0.29, 0.717) is 12.3 Å². The zero-order valence-corrected chi connectivity index (χ0v) is 10.8. The maximum Gasteiger partial charge on any atom is 0.270 e. The van der Waals surface area contributed by atoms with Crippen LogP contribution in [-0.2, 0) is 0 Å². The average Bonchev–Trinajstić information content (AvgIpc) is 2.32. The number of nitrogens with zero attached hydrogens (tertiary/aromatic N) is 1. The lowest BCUT2D eigenvalue weighted by atomic mass is 10.1. The number of nitro groups is 1. The number of halogens is 1. The van der Waals surface area contributed by atoms with Crippen LogP contribution in [0.5, 0.6) is 0 Å². The lowest BCUT2D eigenvalue weighted by Crippen LogP contribution is -2.26. The van der Waals surface area contributed by atoms with Crippen molar-refractivity contribution in [3.63, 3.8) is 0 Å². The molecular weight excluding hydrogens is 259 g/mol. The molecular formula is C11H13FN2O3S. The Hall–Kier alpha value is -1.63. The summed E-state index contributed by atoms with van der Waals surface area (Å²) in [5.41, 5.74) is -0.495. The second kappa shape index (κ2) is 6.34. The third kappa shape index (κ3) is 3.43. The van der Waals surface area contributed by atoms with Gasteiger partial charge in [0.15, 0.2) is 0 Å². The lowest BCUT2D eigenvalue weighted by molar-refractivity contribution is -0.385. The zero-order chi connectivity index (χ0) is 13.7. The first-order valence-corrected chi connectivity index (χ1v) is 6.58. The summed E-state index contributed by atoms with van der Waals surface area (Å²) in [7, 11) is 0. The summed E-state index contributed by atoms with van der Waals surface area (Å²) in [5, 5.41) is 13.2. The molecule has 0 atom stereocenters. The SMILES string of the molecule is CSCCNC(=O)c1cc([N+](=O)[O-])cc(C)c1F. The van der Waals surface area contributed by atoms with Gasteiger partial charge in [-0.2, -0.15) is 11.8 Å². The van der Waals surface area contributed by atoms with Gasteiger partial charge in [-0.15, -0.1) is 0 Å². The van der Waals surface area contributed by atoms with Crippen molar-refractivity contribution in [3.05, 3.63) is 39.2 Å². The number of benzene rings is 1. The fraction of sp³-hybridized carbons (Fsp3) is 0.364. The predicted molar refractivity (Wildman–Crippen MR) is 68.5 cm³/mol. The molecule has 0 aliphatic heterocycles. The van der Waals surface area contributed by atoms with Crippen LogP contribution < -0.4 is 5.32 Å². The van der Waals surface area contributed by atoms with E-state index in [0.717, 1.165) is 12.1 Å². The third-order valence-corrected chi connectivity index (χ3v) is 2.90. The van der Waals surface area contributed by atoms with Gasteiger partial charge in [-0.05, 0) is 18.7 Å². The molecule has 0 aromatic heterocycles.